The Morgan fingerprint density at radius 1 is 1.19 bits per heavy atom. The van der Waals surface area contributed by atoms with Gasteiger partial charge in [0, 0.05) is 18.3 Å². The average Bonchev–Trinajstić information content (AvgIpc) is 2.62. The fourth-order valence-electron chi connectivity index (χ4n) is 3.16. The number of nitrogens with zero attached hydrogens (tertiary/aromatic N) is 3. The number of hydrogen-bond acceptors (Lipinski definition) is 5. The summed E-state index contributed by atoms with van der Waals surface area (Å²) in [6.07, 6.45) is 1.58. The zero-order valence-electron chi connectivity index (χ0n) is 15.5. The number of anilines is 2. The third-order valence-corrected chi connectivity index (χ3v) is 5.47. The number of benzene rings is 1. The molecule has 3 N–H and O–H groups in total. The number of nitrogens with one attached hydrogen (secondary N) is 1. The van der Waals surface area contributed by atoms with Gasteiger partial charge in [-0.05, 0) is 51.1 Å². The number of halogens is 2. The van der Waals surface area contributed by atoms with Crippen LogP contribution in [0.4, 0.5) is 15.8 Å². The summed E-state index contributed by atoms with van der Waals surface area (Å²) in [6, 6.07) is 8.00. The van der Waals surface area contributed by atoms with Gasteiger partial charge in [-0.25, -0.2) is 14.4 Å². The number of nitrogens with two attached hydrogens (primary N) is 1. The third kappa shape index (κ3) is 3.12. The fourth-order valence-corrected chi connectivity index (χ4v) is 3.28. The Labute approximate surface area is 162 Å². The van der Waals surface area contributed by atoms with Gasteiger partial charge in [-0.15, -0.1) is 0 Å². The lowest BCUT2D eigenvalue weighted by molar-refractivity contribution is -0.140. The lowest BCUT2D eigenvalue weighted by atomic mass is 9.67. The summed E-state index contributed by atoms with van der Waals surface area (Å²) in [5, 5.41) is 3.53. The minimum Gasteiger partial charge on any atom is -0.369 e. The molecule has 142 valence electrons. The quantitative estimate of drug-likeness (QED) is 0.785. The van der Waals surface area contributed by atoms with Crippen LogP contribution >= 0.6 is 11.6 Å². The van der Waals surface area contributed by atoms with E-state index in [4.69, 9.17) is 17.3 Å². The van der Waals surface area contributed by atoms with E-state index in [0.717, 1.165) is 0 Å². The summed E-state index contributed by atoms with van der Waals surface area (Å²) in [6.45, 7) is 5.20. The number of carbonyl (C=O) groups is 1. The molecule has 0 radical (unpaired) electrons. The van der Waals surface area contributed by atoms with Gasteiger partial charge in [0.25, 0.3) is 0 Å². The van der Waals surface area contributed by atoms with E-state index in [1.54, 1.807) is 58.3 Å². The van der Waals surface area contributed by atoms with Crippen molar-refractivity contribution in [3.8, 4) is 0 Å². The fraction of sp³-hybridized carbons (Fsp3) is 0.316. The second kappa shape index (κ2) is 6.49. The molecule has 8 heteroatoms. The van der Waals surface area contributed by atoms with Crippen molar-refractivity contribution in [2.75, 3.05) is 12.4 Å². The first kappa shape index (κ1) is 19.1. The highest BCUT2D eigenvalue weighted by Crippen LogP contribution is 2.47. The van der Waals surface area contributed by atoms with Gasteiger partial charge in [-0.2, -0.15) is 0 Å². The second-order valence-electron chi connectivity index (χ2n) is 7.22. The molecule has 0 fully saturated rings. The van der Waals surface area contributed by atoms with Crippen molar-refractivity contribution < 1.29 is 9.18 Å². The van der Waals surface area contributed by atoms with Crippen LogP contribution in [0.25, 0.3) is 0 Å². The molecule has 6 nitrogen and oxygen atoms in total. The summed E-state index contributed by atoms with van der Waals surface area (Å²) in [7, 11) is 1.56. The molecule has 27 heavy (non-hydrogen) atoms. The van der Waals surface area contributed by atoms with Gasteiger partial charge in [0.2, 0.25) is 5.91 Å². The molecule has 1 amide bonds. The number of hydrogen-bond donors (Lipinski definition) is 2. The summed E-state index contributed by atoms with van der Waals surface area (Å²) in [5.41, 5.74) is 5.38. The van der Waals surface area contributed by atoms with Crippen LogP contribution in [0.2, 0.25) is 5.15 Å². The predicted molar refractivity (Wildman–Crippen MR) is 104 cm³/mol. The number of carbonyl (C=O) groups excluding carboxylic acids is 1. The van der Waals surface area contributed by atoms with E-state index >= 15 is 0 Å². The van der Waals surface area contributed by atoms with Crippen molar-refractivity contribution in [2.45, 2.75) is 26.3 Å². The van der Waals surface area contributed by atoms with Crippen LogP contribution in [0.5, 0.6) is 0 Å². The van der Waals surface area contributed by atoms with E-state index in [0.29, 0.717) is 16.5 Å². The highest BCUT2D eigenvalue weighted by molar-refractivity contribution is 6.29. The van der Waals surface area contributed by atoms with Gasteiger partial charge >= 0.3 is 0 Å². The van der Waals surface area contributed by atoms with Gasteiger partial charge < -0.3 is 11.1 Å². The molecule has 1 atom stereocenters. The highest BCUT2D eigenvalue weighted by Gasteiger charge is 2.53. The number of guanidine groups is 1. The molecule has 2 aromatic rings. The van der Waals surface area contributed by atoms with Crippen molar-refractivity contribution in [3.05, 3.63) is 53.1 Å². The molecule has 0 bridgehead atoms. The zero-order chi connectivity index (χ0) is 20.0. The standard InChI is InChI=1S/C19H21ClFN5O/c1-18(2)16(27)26(4)17(22)25-19(18,3)13-9-11(5-7-14(13)21)24-12-6-8-15(20)23-10-12/h5-10,24H,1-4H3,(H2,22,25)/t19-/m1/s1. The largest absolute Gasteiger partial charge is 0.369 e. The van der Waals surface area contributed by atoms with Crippen LogP contribution in [0, 0.1) is 11.2 Å². The topological polar surface area (TPSA) is 83.6 Å². The van der Waals surface area contributed by atoms with Crippen LogP contribution in [-0.2, 0) is 10.3 Å². The molecule has 3 rings (SSSR count). The van der Waals surface area contributed by atoms with E-state index < -0.39 is 16.8 Å². The molecule has 2 heterocycles. The van der Waals surface area contributed by atoms with Crippen LogP contribution in [0.3, 0.4) is 0 Å². The first-order valence-corrected chi connectivity index (χ1v) is 8.76. The Balaban J connectivity index is 2.08. The number of aromatic nitrogens is 1. The third-order valence-electron chi connectivity index (χ3n) is 5.24. The Hall–Kier alpha value is -2.67. The molecular formula is C19H21ClFN5O. The maximum atomic E-state index is 14.8. The van der Waals surface area contributed by atoms with Gasteiger partial charge in [-0.3, -0.25) is 9.69 Å². The second-order valence-corrected chi connectivity index (χ2v) is 7.61. The minimum absolute atomic E-state index is 0.0569. The van der Waals surface area contributed by atoms with Gasteiger partial charge in [0.05, 0.1) is 17.3 Å². The highest BCUT2D eigenvalue weighted by atomic mass is 35.5. The molecule has 0 spiro atoms. The Morgan fingerprint density at radius 2 is 1.85 bits per heavy atom. The van der Waals surface area contributed by atoms with E-state index in [9.17, 15) is 9.18 Å². The normalized spacial score (nSPS) is 21.8. The maximum Gasteiger partial charge on any atom is 0.237 e. The molecular weight excluding hydrogens is 369 g/mol. The minimum atomic E-state index is -1.17. The number of aliphatic imine (C=N–C) groups is 1. The van der Waals surface area contributed by atoms with Crippen LogP contribution in [0.15, 0.2) is 41.5 Å². The monoisotopic (exact) mass is 389 g/mol. The Kier molecular flexibility index (Phi) is 4.59. The van der Waals surface area contributed by atoms with Crippen molar-refractivity contribution in [1.82, 2.24) is 9.88 Å². The molecule has 1 aromatic heterocycles. The van der Waals surface area contributed by atoms with Gasteiger partial charge in [0.15, 0.2) is 5.96 Å². The smallest absolute Gasteiger partial charge is 0.237 e. The van der Waals surface area contributed by atoms with Crippen molar-refractivity contribution in [3.63, 3.8) is 0 Å². The van der Waals surface area contributed by atoms with Gasteiger partial charge in [-0.1, -0.05) is 11.6 Å². The average molecular weight is 390 g/mol. The molecule has 1 aromatic carbocycles. The van der Waals surface area contributed by atoms with E-state index in [1.807, 2.05) is 0 Å². The molecule has 0 saturated heterocycles. The van der Waals surface area contributed by atoms with Crippen molar-refractivity contribution >= 4 is 34.8 Å². The Morgan fingerprint density at radius 3 is 2.48 bits per heavy atom. The Bertz CT molecular complexity index is 928. The lowest BCUT2D eigenvalue weighted by Gasteiger charge is -2.46. The van der Waals surface area contributed by atoms with Crippen LogP contribution in [-0.4, -0.2) is 28.8 Å². The first-order valence-electron chi connectivity index (χ1n) is 8.38. The molecule has 1 aliphatic heterocycles. The summed E-state index contributed by atoms with van der Waals surface area (Å²) >= 11 is 5.80. The molecule has 0 unspecified atom stereocenters. The first-order chi connectivity index (χ1) is 12.6. The maximum absolute atomic E-state index is 14.8. The van der Waals surface area contributed by atoms with Gasteiger partial charge in [0.1, 0.15) is 16.5 Å². The van der Waals surface area contributed by atoms with Crippen molar-refractivity contribution in [2.24, 2.45) is 16.1 Å². The SMILES string of the molecule is CN1C(=O)C(C)(C)[C@@](C)(c2cc(Nc3ccc(Cl)nc3)ccc2F)N=C1N. The van der Waals surface area contributed by atoms with Crippen molar-refractivity contribution in [1.29, 1.82) is 0 Å². The van der Waals surface area contributed by atoms with E-state index in [-0.39, 0.29) is 17.4 Å². The summed E-state index contributed by atoms with van der Waals surface area (Å²) in [5.74, 6) is -0.627. The molecule has 1 aliphatic rings. The van der Waals surface area contributed by atoms with Crippen LogP contribution < -0.4 is 11.1 Å². The number of amides is 1. The van der Waals surface area contributed by atoms with Crippen LogP contribution in [0.1, 0.15) is 26.3 Å². The zero-order valence-corrected chi connectivity index (χ0v) is 16.3. The summed E-state index contributed by atoms with van der Waals surface area (Å²) < 4.78 is 14.8. The lowest BCUT2D eigenvalue weighted by Crippen LogP contribution is -2.58. The molecule has 0 aliphatic carbocycles. The molecule has 0 saturated carbocycles. The van der Waals surface area contributed by atoms with E-state index in [1.165, 1.54) is 11.0 Å². The summed E-state index contributed by atoms with van der Waals surface area (Å²) in [4.78, 5) is 22.6. The van der Waals surface area contributed by atoms with E-state index in [2.05, 4.69) is 15.3 Å². The predicted octanol–water partition coefficient (Wildman–Crippen LogP) is 3.65. The number of pyridine rings is 1. The number of rotatable bonds is 3.